The molecule has 1 saturated heterocycles. The number of pyridine rings is 1. The number of nitrogens with one attached hydrogen (secondary N) is 2. The van der Waals surface area contributed by atoms with Crippen molar-refractivity contribution in [3.8, 4) is 0 Å². The Morgan fingerprint density at radius 2 is 1.93 bits per heavy atom. The summed E-state index contributed by atoms with van der Waals surface area (Å²) in [4.78, 5) is 46.9. The number of hydrogen-bond donors (Lipinski definition) is 5. The highest BCUT2D eigenvalue weighted by Crippen LogP contribution is 2.21. The van der Waals surface area contributed by atoms with Crippen molar-refractivity contribution in [3.05, 3.63) is 36.5 Å². The summed E-state index contributed by atoms with van der Waals surface area (Å²) in [6.07, 6.45) is 5.54. The third-order valence-corrected chi connectivity index (χ3v) is 8.23. The highest BCUT2D eigenvalue weighted by molar-refractivity contribution is 7.89. The van der Waals surface area contributed by atoms with E-state index >= 15 is 0 Å². The molecule has 1 aliphatic rings. The maximum Gasteiger partial charge on any atom is 0.243 e. The Bertz CT molecular complexity index is 1310. The van der Waals surface area contributed by atoms with Gasteiger partial charge in [-0.1, -0.05) is 24.6 Å². The normalized spacial score (nSPS) is 16.8. The Kier molecular flexibility index (Phi) is 11.3. The van der Waals surface area contributed by atoms with Crippen molar-refractivity contribution in [3.63, 3.8) is 0 Å². The van der Waals surface area contributed by atoms with E-state index in [1.54, 1.807) is 30.5 Å². The summed E-state index contributed by atoms with van der Waals surface area (Å²) in [7, 11) is -3.76. The number of nitrogens with two attached hydrogens (primary N) is 3. The molecule has 0 aliphatic carbocycles. The van der Waals surface area contributed by atoms with Crippen molar-refractivity contribution in [2.45, 2.75) is 68.0 Å². The number of para-hydroxylation sites is 1. The van der Waals surface area contributed by atoms with Gasteiger partial charge in [-0.3, -0.25) is 19.6 Å². The average molecular weight is 575 g/mol. The number of aliphatic imine (C=N–C) groups is 1. The lowest BCUT2D eigenvalue weighted by Gasteiger charge is -2.27. The zero-order valence-corrected chi connectivity index (χ0v) is 23.2. The van der Waals surface area contributed by atoms with Gasteiger partial charge in [0.1, 0.15) is 17.2 Å². The topological polar surface area (TPSA) is 216 Å². The molecule has 0 unspecified atom stereocenters. The van der Waals surface area contributed by atoms with E-state index < -0.39 is 34.1 Å². The van der Waals surface area contributed by atoms with Gasteiger partial charge in [0.25, 0.3) is 0 Å². The fraction of sp³-hybridized carbons (Fsp3) is 0.500. The van der Waals surface area contributed by atoms with E-state index in [2.05, 4.69) is 20.0 Å². The number of carbonyl (C=O) groups is 3. The molecule has 2 heterocycles. The van der Waals surface area contributed by atoms with Crippen LogP contribution in [-0.2, 0) is 24.4 Å². The van der Waals surface area contributed by atoms with E-state index in [0.29, 0.717) is 69.8 Å². The molecule has 2 amide bonds. The van der Waals surface area contributed by atoms with Crippen LogP contribution in [0.5, 0.6) is 0 Å². The summed E-state index contributed by atoms with van der Waals surface area (Å²) < 4.78 is 28.2. The number of aldehydes is 1. The van der Waals surface area contributed by atoms with Crippen LogP contribution in [0.25, 0.3) is 10.9 Å². The molecule has 3 rings (SSSR count). The minimum atomic E-state index is -3.76. The van der Waals surface area contributed by atoms with E-state index in [4.69, 9.17) is 17.2 Å². The Balaban J connectivity index is 1.44. The summed E-state index contributed by atoms with van der Waals surface area (Å²) in [5.41, 5.74) is 17.1. The third-order valence-electron chi connectivity index (χ3n) is 6.73. The lowest BCUT2D eigenvalue weighted by molar-refractivity contribution is -0.140. The Labute approximate surface area is 234 Å². The van der Waals surface area contributed by atoms with Crippen LogP contribution in [0.4, 0.5) is 0 Å². The molecule has 2 aromatic rings. The molecule has 8 N–H and O–H groups in total. The van der Waals surface area contributed by atoms with Crippen molar-refractivity contribution >= 4 is 45.0 Å². The number of fused-ring (bicyclic) bond motifs is 1. The first-order valence-corrected chi connectivity index (χ1v) is 14.8. The fourth-order valence-electron chi connectivity index (χ4n) is 4.68. The van der Waals surface area contributed by atoms with Crippen LogP contribution < -0.4 is 27.2 Å². The van der Waals surface area contributed by atoms with Gasteiger partial charge in [-0.05, 0) is 50.7 Å². The molecular formula is C26H38N8O5S. The van der Waals surface area contributed by atoms with Gasteiger partial charge in [-0.2, -0.15) is 0 Å². The molecule has 0 saturated carbocycles. The predicted octanol–water partition coefficient (Wildman–Crippen LogP) is -0.261. The van der Waals surface area contributed by atoms with E-state index in [1.165, 1.54) is 11.0 Å². The van der Waals surface area contributed by atoms with E-state index in [1.807, 2.05) is 0 Å². The molecule has 1 aliphatic heterocycles. The predicted molar refractivity (Wildman–Crippen MR) is 151 cm³/mol. The Morgan fingerprint density at radius 1 is 1.15 bits per heavy atom. The molecule has 0 bridgehead atoms. The smallest absolute Gasteiger partial charge is 0.243 e. The van der Waals surface area contributed by atoms with Crippen LogP contribution in [0.15, 0.2) is 46.4 Å². The molecule has 1 aromatic heterocycles. The number of likely N-dealkylation sites (tertiary alicyclic amines) is 1. The SMILES string of the molecule is NC(N)=NCCC[C@@H](C=O)NC(=O)[C@@H]1CCCN1C(=O)[C@H](N)CCCCNS(=O)(=O)c1cccc2cccnc12. The molecule has 218 valence electrons. The average Bonchev–Trinajstić information content (AvgIpc) is 3.43. The van der Waals surface area contributed by atoms with Crippen LogP contribution in [0, 0.1) is 0 Å². The summed E-state index contributed by atoms with van der Waals surface area (Å²) in [6.45, 7) is 0.921. The molecule has 13 nitrogen and oxygen atoms in total. The number of sulfonamides is 1. The van der Waals surface area contributed by atoms with Crippen LogP contribution >= 0.6 is 0 Å². The maximum absolute atomic E-state index is 13.0. The summed E-state index contributed by atoms with van der Waals surface area (Å²) >= 11 is 0. The van der Waals surface area contributed by atoms with E-state index in [0.717, 1.165) is 5.39 Å². The standard InChI is InChI=1S/C26H38N8O5S/c27-20(10-1-2-15-32-40(38,39)22-12-3-7-18-8-4-13-30-23(18)22)25(37)34-16-6-11-21(34)24(36)33-19(17-35)9-5-14-31-26(28)29/h3-4,7-8,12-13,17,19-21,32H,1-2,5-6,9-11,14-16,27H2,(H,33,36)(H4,28,29,31)/t19-,20+,21-/m0/s1. The van der Waals surface area contributed by atoms with Crippen molar-refractivity contribution < 1.29 is 22.8 Å². The first kappa shape index (κ1) is 30.9. The molecule has 1 fully saturated rings. The van der Waals surface area contributed by atoms with Gasteiger partial charge in [0.15, 0.2) is 5.96 Å². The second kappa shape index (κ2) is 14.7. The third kappa shape index (κ3) is 8.44. The fourth-order valence-corrected chi connectivity index (χ4v) is 5.93. The number of rotatable bonds is 15. The van der Waals surface area contributed by atoms with Crippen molar-refractivity contribution in [1.29, 1.82) is 0 Å². The van der Waals surface area contributed by atoms with Gasteiger partial charge in [-0.15, -0.1) is 0 Å². The number of benzene rings is 1. The van der Waals surface area contributed by atoms with Crippen LogP contribution in [0.2, 0.25) is 0 Å². The minimum absolute atomic E-state index is 0.0390. The molecule has 1 aromatic carbocycles. The number of carbonyl (C=O) groups excluding carboxylic acids is 3. The largest absolute Gasteiger partial charge is 0.370 e. The van der Waals surface area contributed by atoms with Gasteiger partial charge in [0.05, 0.1) is 17.6 Å². The molecular weight excluding hydrogens is 536 g/mol. The first-order valence-electron chi connectivity index (χ1n) is 13.3. The van der Waals surface area contributed by atoms with E-state index in [9.17, 15) is 22.8 Å². The van der Waals surface area contributed by atoms with Gasteiger partial charge in [-0.25, -0.2) is 13.1 Å². The van der Waals surface area contributed by atoms with E-state index in [-0.39, 0.29) is 23.3 Å². The molecule has 3 atom stereocenters. The maximum atomic E-state index is 13.0. The minimum Gasteiger partial charge on any atom is -0.370 e. The lowest BCUT2D eigenvalue weighted by Crippen LogP contribution is -2.53. The number of guanidine groups is 1. The van der Waals surface area contributed by atoms with Gasteiger partial charge in [0.2, 0.25) is 21.8 Å². The zero-order chi connectivity index (χ0) is 29.1. The quantitative estimate of drug-likeness (QED) is 0.0818. The number of aromatic nitrogens is 1. The number of hydrogen-bond acceptors (Lipinski definition) is 8. The first-order chi connectivity index (χ1) is 19.1. The number of amides is 2. The van der Waals surface area contributed by atoms with Gasteiger partial charge >= 0.3 is 0 Å². The molecule has 40 heavy (non-hydrogen) atoms. The van der Waals surface area contributed by atoms with Crippen molar-refractivity contribution in [1.82, 2.24) is 19.9 Å². The number of nitrogens with zero attached hydrogens (tertiary/aromatic N) is 3. The second-order valence-electron chi connectivity index (χ2n) is 9.72. The number of unbranched alkanes of at least 4 members (excludes halogenated alkanes) is 1. The Morgan fingerprint density at radius 3 is 2.67 bits per heavy atom. The lowest BCUT2D eigenvalue weighted by atomic mass is 10.1. The summed E-state index contributed by atoms with van der Waals surface area (Å²) in [6, 6.07) is 6.30. The highest BCUT2D eigenvalue weighted by atomic mass is 32.2. The zero-order valence-electron chi connectivity index (χ0n) is 22.4. The molecule has 0 spiro atoms. The van der Waals surface area contributed by atoms with Crippen LogP contribution in [-0.4, -0.2) is 80.1 Å². The van der Waals surface area contributed by atoms with Gasteiger partial charge in [0, 0.05) is 31.2 Å². The molecule has 14 heteroatoms. The second-order valence-corrected chi connectivity index (χ2v) is 11.5. The highest BCUT2D eigenvalue weighted by Gasteiger charge is 2.36. The Hall–Kier alpha value is -3.62. The van der Waals surface area contributed by atoms with Crippen LogP contribution in [0.3, 0.4) is 0 Å². The summed E-state index contributed by atoms with van der Waals surface area (Å²) in [5.74, 6) is -0.771. The van der Waals surface area contributed by atoms with Gasteiger partial charge < -0.3 is 32.2 Å². The van der Waals surface area contributed by atoms with Crippen molar-refractivity contribution in [2.75, 3.05) is 19.6 Å². The monoisotopic (exact) mass is 574 g/mol. The molecule has 0 radical (unpaired) electrons. The van der Waals surface area contributed by atoms with Crippen molar-refractivity contribution in [2.24, 2.45) is 22.2 Å². The van der Waals surface area contributed by atoms with Crippen LogP contribution in [0.1, 0.15) is 44.9 Å². The summed E-state index contributed by atoms with van der Waals surface area (Å²) in [5, 5.41) is 3.43.